The summed E-state index contributed by atoms with van der Waals surface area (Å²) in [5.41, 5.74) is -0.506. The van der Waals surface area contributed by atoms with Crippen molar-refractivity contribution < 1.29 is 26.4 Å². The van der Waals surface area contributed by atoms with Gasteiger partial charge in [0.2, 0.25) is 0 Å². The number of sulfonamides is 1. The summed E-state index contributed by atoms with van der Waals surface area (Å²) in [5.74, 6) is -0.761. The molecular weight excluding hydrogens is 488 g/mol. The second-order valence-corrected chi connectivity index (χ2v) is 9.27. The first-order valence-electron chi connectivity index (χ1n) is 8.94. The minimum atomic E-state index is -4.57. The van der Waals surface area contributed by atoms with Crippen LogP contribution in [0.2, 0.25) is 10.0 Å². The van der Waals surface area contributed by atoms with Gasteiger partial charge in [-0.15, -0.1) is 0 Å². The maximum absolute atomic E-state index is 12.9. The molecule has 0 atom stereocenters. The van der Waals surface area contributed by atoms with Crippen LogP contribution < -0.4 is 10.0 Å². The van der Waals surface area contributed by atoms with Gasteiger partial charge in [0.05, 0.1) is 21.2 Å². The third-order valence-corrected chi connectivity index (χ3v) is 6.30. The van der Waals surface area contributed by atoms with Crippen LogP contribution in [0.4, 0.5) is 24.5 Å². The van der Waals surface area contributed by atoms with Gasteiger partial charge in [0.15, 0.2) is 0 Å². The Hall–Kier alpha value is -2.75. The number of carbonyl (C=O) groups excluding carboxylic acids is 1. The van der Waals surface area contributed by atoms with Crippen molar-refractivity contribution in [3.63, 3.8) is 0 Å². The lowest BCUT2D eigenvalue weighted by molar-refractivity contribution is -0.137. The van der Waals surface area contributed by atoms with Gasteiger partial charge in [-0.3, -0.25) is 9.52 Å². The molecule has 168 valence electrons. The highest BCUT2D eigenvalue weighted by molar-refractivity contribution is 7.92. The fourth-order valence-electron chi connectivity index (χ4n) is 2.76. The molecule has 0 saturated heterocycles. The van der Waals surface area contributed by atoms with Crippen molar-refractivity contribution in [2.24, 2.45) is 0 Å². The van der Waals surface area contributed by atoms with Crippen molar-refractivity contribution in [3.8, 4) is 0 Å². The molecule has 0 aliphatic heterocycles. The van der Waals surface area contributed by atoms with E-state index in [4.69, 9.17) is 23.2 Å². The van der Waals surface area contributed by atoms with Gasteiger partial charge < -0.3 is 5.32 Å². The van der Waals surface area contributed by atoms with Crippen molar-refractivity contribution in [3.05, 3.63) is 87.4 Å². The molecule has 0 fully saturated rings. The highest BCUT2D eigenvalue weighted by atomic mass is 35.5. The van der Waals surface area contributed by atoms with E-state index in [0.717, 1.165) is 24.3 Å². The normalized spacial score (nSPS) is 11.8. The zero-order chi connectivity index (χ0) is 23.7. The number of benzene rings is 3. The Morgan fingerprint density at radius 1 is 0.969 bits per heavy atom. The van der Waals surface area contributed by atoms with Crippen LogP contribution in [0.1, 0.15) is 21.5 Å². The molecule has 0 aliphatic carbocycles. The summed E-state index contributed by atoms with van der Waals surface area (Å²) in [7, 11) is -4.13. The number of anilines is 2. The van der Waals surface area contributed by atoms with Gasteiger partial charge in [-0.1, -0.05) is 35.3 Å². The minimum absolute atomic E-state index is 0.0208. The smallest absolute Gasteiger partial charge is 0.322 e. The first kappa shape index (κ1) is 23.9. The molecule has 0 heterocycles. The number of rotatable bonds is 5. The Morgan fingerprint density at radius 2 is 1.69 bits per heavy atom. The molecule has 3 rings (SSSR count). The Balaban J connectivity index is 1.89. The van der Waals surface area contributed by atoms with E-state index in [-0.39, 0.29) is 26.9 Å². The number of amides is 1. The Morgan fingerprint density at radius 3 is 2.34 bits per heavy atom. The molecule has 32 heavy (non-hydrogen) atoms. The van der Waals surface area contributed by atoms with Crippen LogP contribution >= 0.6 is 23.2 Å². The van der Waals surface area contributed by atoms with Crippen LogP contribution in [0.15, 0.2) is 65.6 Å². The minimum Gasteiger partial charge on any atom is -0.322 e. The second-order valence-electron chi connectivity index (χ2n) is 6.74. The number of aryl methyl sites for hydroxylation is 1. The molecule has 1 amide bonds. The van der Waals surface area contributed by atoms with Gasteiger partial charge in [-0.25, -0.2) is 8.42 Å². The molecule has 3 aromatic carbocycles. The average molecular weight is 503 g/mol. The quantitative estimate of drug-likeness (QED) is 0.425. The van der Waals surface area contributed by atoms with Crippen molar-refractivity contribution >= 4 is 50.5 Å². The predicted octanol–water partition coefficient (Wildman–Crippen LogP) is 6.37. The fourth-order valence-corrected chi connectivity index (χ4v) is 4.38. The Bertz CT molecular complexity index is 1300. The topological polar surface area (TPSA) is 75.3 Å². The van der Waals surface area contributed by atoms with Gasteiger partial charge in [0.25, 0.3) is 15.9 Å². The van der Waals surface area contributed by atoms with E-state index in [1.807, 2.05) is 0 Å². The Labute approximate surface area is 192 Å². The van der Waals surface area contributed by atoms with Crippen LogP contribution in [0.25, 0.3) is 0 Å². The molecule has 5 nitrogen and oxygen atoms in total. The summed E-state index contributed by atoms with van der Waals surface area (Å²) in [6.45, 7) is 1.57. The number of alkyl halides is 3. The molecule has 3 aromatic rings. The van der Waals surface area contributed by atoms with Crippen molar-refractivity contribution in [1.29, 1.82) is 0 Å². The summed E-state index contributed by atoms with van der Waals surface area (Å²) in [5, 5.41) is 2.77. The van der Waals surface area contributed by atoms with Gasteiger partial charge in [0.1, 0.15) is 0 Å². The standard InChI is InChI=1S/C21H15Cl2F3N2O3S/c1-12-5-7-16(32(30,31)28-19-8-6-14(22)10-18(19)23)11-17(12)20(29)27-15-4-2-3-13(9-15)21(24,25)26/h2-11,28H,1H3,(H,27,29). The lowest BCUT2D eigenvalue weighted by atomic mass is 10.1. The first-order valence-corrected chi connectivity index (χ1v) is 11.2. The molecule has 11 heteroatoms. The van der Waals surface area contributed by atoms with E-state index in [1.165, 1.54) is 36.4 Å². The summed E-state index contributed by atoms with van der Waals surface area (Å²) in [6, 6.07) is 12.2. The van der Waals surface area contributed by atoms with E-state index >= 15 is 0 Å². The van der Waals surface area contributed by atoms with Crippen LogP contribution in [-0.2, 0) is 16.2 Å². The molecular formula is C21H15Cl2F3N2O3S. The van der Waals surface area contributed by atoms with E-state index in [1.54, 1.807) is 6.92 Å². The average Bonchev–Trinajstić information content (AvgIpc) is 2.70. The highest BCUT2D eigenvalue weighted by Crippen LogP contribution is 2.31. The van der Waals surface area contributed by atoms with Gasteiger partial charge >= 0.3 is 6.18 Å². The third-order valence-electron chi connectivity index (χ3n) is 4.39. The molecule has 0 unspecified atom stereocenters. The van der Waals surface area contributed by atoms with E-state index in [0.29, 0.717) is 10.6 Å². The van der Waals surface area contributed by atoms with E-state index in [9.17, 15) is 26.4 Å². The highest BCUT2D eigenvalue weighted by Gasteiger charge is 2.30. The molecule has 0 bridgehead atoms. The van der Waals surface area contributed by atoms with Crippen molar-refractivity contribution in [2.75, 3.05) is 10.0 Å². The lowest BCUT2D eigenvalue weighted by Crippen LogP contribution is -2.17. The lowest BCUT2D eigenvalue weighted by Gasteiger charge is -2.13. The molecule has 0 spiro atoms. The maximum Gasteiger partial charge on any atom is 0.416 e. The fraction of sp³-hybridized carbons (Fsp3) is 0.0952. The van der Waals surface area contributed by atoms with Crippen LogP contribution in [0.5, 0.6) is 0 Å². The molecule has 0 aromatic heterocycles. The second kappa shape index (κ2) is 9.01. The van der Waals surface area contributed by atoms with Crippen LogP contribution in [-0.4, -0.2) is 14.3 Å². The monoisotopic (exact) mass is 502 g/mol. The van der Waals surface area contributed by atoms with E-state index in [2.05, 4.69) is 10.0 Å². The summed E-state index contributed by atoms with van der Waals surface area (Å²) >= 11 is 11.8. The number of hydrogen-bond donors (Lipinski definition) is 2. The maximum atomic E-state index is 12.9. The Kier molecular flexibility index (Phi) is 6.73. The van der Waals surface area contributed by atoms with Gasteiger partial charge in [-0.2, -0.15) is 13.2 Å². The van der Waals surface area contributed by atoms with Crippen LogP contribution in [0.3, 0.4) is 0 Å². The number of halogens is 5. The SMILES string of the molecule is Cc1ccc(S(=O)(=O)Nc2ccc(Cl)cc2Cl)cc1C(=O)Nc1cccc(C(F)(F)F)c1. The zero-order valence-electron chi connectivity index (χ0n) is 16.3. The van der Waals surface area contributed by atoms with Crippen molar-refractivity contribution in [2.45, 2.75) is 18.0 Å². The van der Waals surface area contributed by atoms with E-state index < -0.39 is 27.7 Å². The molecule has 2 N–H and O–H groups in total. The predicted molar refractivity (Wildman–Crippen MR) is 118 cm³/mol. The third kappa shape index (κ3) is 5.53. The molecule has 0 saturated carbocycles. The summed E-state index contributed by atoms with van der Waals surface area (Å²) < 4.78 is 66.6. The van der Waals surface area contributed by atoms with Gasteiger partial charge in [-0.05, 0) is 61.0 Å². The largest absolute Gasteiger partial charge is 0.416 e. The van der Waals surface area contributed by atoms with Crippen LogP contribution in [0, 0.1) is 6.92 Å². The summed E-state index contributed by atoms with van der Waals surface area (Å²) in [4.78, 5) is 12.4. The zero-order valence-corrected chi connectivity index (χ0v) is 18.6. The molecule has 0 radical (unpaired) electrons. The molecule has 0 aliphatic rings. The number of nitrogens with one attached hydrogen (secondary N) is 2. The van der Waals surface area contributed by atoms with Crippen molar-refractivity contribution in [1.82, 2.24) is 0 Å². The number of carbonyl (C=O) groups is 1. The van der Waals surface area contributed by atoms with Gasteiger partial charge in [0, 0.05) is 16.3 Å². The summed E-state index contributed by atoms with van der Waals surface area (Å²) in [6.07, 6.45) is -4.57. The number of hydrogen-bond acceptors (Lipinski definition) is 3. The first-order chi connectivity index (χ1) is 14.9.